The molecule has 1 rings (SSSR count). The minimum Gasteiger partial charge on any atom is -0.444 e. The molecule has 0 aliphatic carbocycles. The first kappa shape index (κ1) is 15.9. The molecule has 0 fully saturated rings. The second-order valence-electron chi connectivity index (χ2n) is 6.04. The molecule has 0 saturated carbocycles. The van der Waals surface area contributed by atoms with Crippen LogP contribution < -0.4 is 0 Å². The van der Waals surface area contributed by atoms with Crippen molar-refractivity contribution in [1.29, 1.82) is 0 Å². The third kappa shape index (κ3) is 5.16. The molecule has 0 aliphatic rings. The van der Waals surface area contributed by atoms with Gasteiger partial charge in [0.05, 0.1) is 12.2 Å². The summed E-state index contributed by atoms with van der Waals surface area (Å²) in [6, 6.07) is 0. The highest BCUT2D eigenvalue weighted by molar-refractivity contribution is 7.09. The molecule has 0 aromatic carbocycles. The lowest BCUT2D eigenvalue weighted by Crippen LogP contribution is -2.33. The lowest BCUT2D eigenvalue weighted by Gasteiger charge is -2.24. The highest BCUT2D eigenvalue weighted by Gasteiger charge is 2.23. The molecule has 0 bridgehead atoms. The zero-order valence-corrected chi connectivity index (χ0v) is 13.2. The van der Waals surface area contributed by atoms with Crippen molar-refractivity contribution in [3.8, 4) is 0 Å². The van der Waals surface area contributed by atoms with Crippen molar-refractivity contribution in [3.63, 3.8) is 0 Å². The number of nitrogens with zero attached hydrogens (tertiary/aromatic N) is 2. The van der Waals surface area contributed by atoms with E-state index in [-0.39, 0.29) is 6.09 Å². The molecule has 0 radical (unpaired) electrons. The van der Waals surface area contributed by atoms with E-state index in [1.54, 1.807) is 20.9 Å². The predicted molar refractivity (Wildman–Crippen MR) is 75.1 cm³/mol. The van der Waals surface area contributed by atoms with Crippen LogP contribution in [0.2, 0.25) is 0 Å². The first-order valence-electron chi connectivity index (χ1n) is 6.10. The Labute approximate surface area is 118 Å². The van der Waals surface area contributed by atoms with Crippen LogP contribution in [-0.2, 0) is 16.9 Å². The topological polar surface area (TPSA) is 62.7 Å². The summed E-state index contributed by atoms with van der Waals surface area (Å²) in [6.45, 7) is 9.22. The number of aliphatic hydroxyl groups is 1. The first-order valence-corrected chi connectivity index (χ1v) is 6.98. The fraction of sp³-hybridized carbons (Fsp3) is 0.692. The van der Waals surface area contributed by atoms with Gasteiger partial charge in [0.15, 0.2) is 0 Å². The molecule has 6 heteroatoms. The number of aromatic nitrogens is 1. The number of hydrogen-bond acceptors (Lipinski definition) is 5. The third-order valence-electron chi connectivity index (χ3n) is 2.18. The summed E-state index contributed by atoms with van der Waals surface area (Å²) in [4.78, 5) is 17.6. The van der Waals surface area contributed by atoms with Crippen molar-refractivity contribution >= 4 is 17.4 Å². The summed E-state index contributed by atoms with van der Waals surface area (Å²) in [5.74, 6) is 0. The van der Waals surface area contributed by atoms with Gasteiger partial charge in [-0.1, -0.05) is 0 Å². The van der Waals surface area contributed by atoms with E-state index in [4.69, 9.17) is 4.74 Å². The van der Waals surface area contributed by atoms with Crippen molar-refractivity contribution < 1.29 is 14.6 Å². The Hall–Kier alpha value is -1.14. The summed E-state index contributed by atoms with van der Waals surface area (Å²) in [6.07, 6.45) is -0.384. The van der Waals surface area contributed by atoms with Crippen molar-refractivity contribution in [2.75, 3.05) is 7.05 Å². The molecule has 19 heavy (non-hydrogen) atoms. The number of ether oxygens (including phenoxy) is 1. The molecular formula is C13H22N2O3S. The van der Waals surface area contributed by atoms with Gasteiger partial charge in [0, 0.05) is 12.4 Å². The number of hydrogen-bond donors (Lipinski definition) is 1. The predicted octanol–water partition coefficient (Wildman–Crippen LogP) is 2.74. The van der Waals surface area contributed by atoms with Crippen molar-refractivity contribution in [2.24, 2.45) is 0 Å². The van der Waals surface area contributed by atoms with E-state index in [0.29, 0.717) is 11.6 Å². The van der Waals surface area contributed by atoms with Gasteiger partial charge in [0.25, 0.3) is 0 Å². The summed E-state index contributed by atoms with van der Waals surface area (Å²) < 4.78 is 5.26. The van der Waals surface area contributed by atoms with Gasteiger partial charge in [-0.05, 0) is 34.6 Å². The van der Waals surface area contributed by atoms with E-state index >= 15 is 0 Å². The summed E-state index contributed by atoms with van der Waals surface area (Å²) in [7, 11) is 1.66. The van der Waals surface area contributed by atoms with Gasteiger partial charge in [-0.2, -0.15) is 0 Å². The van der Waals surface area contributed by atoms with Crippen LogP contribution >= 0.6 is 11.3 Å². The molecule has 0 aliphatic heterocycles. The van der Waals surface area contributed by atoms with E-state index in [0.717, 1.165) is 5.69 Å². The normalized spacial score (nSPS) is 12.4. The Balaban J connectivity index is 2.65. The molecule has 1 aromatic rings. The van der Waals surface area contributed by atoms with E-state index in [1.807, 2.05) is 26.2 Å². The summed E-state index contributed by atoms with van der Waals surface area (Å²) in [5, 5.41) is 12.3. The quantitative estimate of drug-likeness (QED) is 0.928. The lowest BCUT2D eigenvalue weighted by molar-refractivity contribution is 0.0283. The van der Waals surface area contributed by atoms with Crippen LogP contribution in [0.25, 0.3) is 0 Å². The molecular weight excluding hydrogens is 264 g/mol. The van der Waals surface area contributed by atoms with Gasteiger partial charge in [-0.3, -0.25) is 0 Å². The first-order chi connectivity index (χ1) is 8.49. The van der Waals surface area contributed by atoms with Crippen LogP contribution in [0.3, 0.4) is 0 Å². The largest absolute Gasteiger partial charge is 0.444 e. The standard InChI is InChI=1S/C13H22N2O3S/c1-12(2,3)18-11(16)15(6)7-9-8-19-10(14-9)13(4,5)17/h8,17H,7H2,1-6H3. The fourth-order valence-corrected chi connectivity index (χ4v) is 2.14. The molecule has 1 aromatic heterocycles. The van der Waals surface area contributed by atoms with Crippen LogP contribution in [0.5, 0.6) is 0 Å². The number of rotatable bonds is 3. The Kier molecular flexibility index (Phi) is 4.58. The fourth-order valence-electron chi connectivity index (χ4n) is 1.31. The Morgan fingerprint density at radius 3 is 2.42 bits per heavy atom. The summed E-state index contributed by atoms with van der Waals surface area (Å²) in [5.41, 5.74) is -0.713. The van der Waals surface area contributed by atoms with Crippen LogP contribution in [0.1, 0.15) is 45.3 Å². The number of carbonyl (C=O) groups is 1. The van der Waals surface area contributed by atoms with E-state index < -0.39 is 11.2 Å². The Bertz CT molecular complexity index is 443. The smallest absolute Gasteiger partial charge is 0.410 e. The molecule has 108 valence electrons. The highest BCUT2D eigenvalue weighted by atomic mass is 32.1. The van der Waals surface area contributed by atoms with Crippen LogP contribution in [0.15, 0.2) is 5.38 Å². The molecule has 1 amide bonds. The maximum Gasteiger partial charge on any atom is 0.410 e. The van der Waals surface area contributed by atoms with E-state index in [2.05, 4.69) is 4.98 Å². The van der Waals surface area contributed by atoms with E-state index in [1.165, 1.54) is 16.2 Å². The van der Waals surface area contributed by atoms with Gasteiger partial charge in [-0.25, -0.2) is 9.78 Å². The average Bonchev–Trinajstić information content (AvgIpc) is 2.62. The second-order valence-corrected chi connectivity index (χ2v) is 6.90. The van der Waals surface area contributed by atoms with Crippen LogP contribution in [0, 0.1) is 0 Å². The molecule has 1 N–H and O–H groups in total. The summed E-state index contributed by atoms with van der Waals surface area (Å²) >= 11 is 1.38. The monoisotopic (exact) mass is 286 g/mol. The van der Waals surface area contributed by atoms with Gasteiger partial charge in [-0.15, -0.1) is 11.3 Å². The van der Waals surface area contributed by atoms with Crippen molar-refractivity contribution in [3.05, 3.63) is 16.1 Å². The van der Waals surface area contributed by atoms with Gasteiger partial charge >= 0.3 is 6.09 Å². The van der Waals surface area contributed by atoms with Gasteiger partial charge in [0.2, 0.25) is 0 Å². The number of thiazole rings is 1. The number of carbonyl (C=O) groups excluding carboxylic acids is 1. The number of amides is 1. The second kappa shape index (κ2) is 5.46. The molecule has 0 atom stereocenters. The molecule has 0 saturated heterocycles. The highest BCUT2D eigenvalue weighted by Crippen LogP contribution is 2.24. The average molecular weight is 286 g/mol. The van der Waals surface area contributed by atoms with Crippen molar-refractivity contribution in [2.45, 2.75) is 52.4 Å². The maximum absolute atomic E-state index is 11.8. The molecule has 0 unspecified atom stereocenters. The molecule has 1 heterocycles. The molecule has 5 nitrogen and oxygen atoms in total. The lowest BCUT2D eigenvalue weighted by atomic mass is 10.1. The Morgan fingerprint density at radius 1 is 1.42 bits per heavy atom. The molecule has 0 spiro atoms. The zero-order chi connectivity index (χ0) is 14.8. The van der Waals surface area contributed by atoms with Gasteiger partial charge < -0.3 is 14.7 Å². The van der Waals surface area contributed by atoms with Gasteiger partial charge in [0.1, 0.15) is 16.2 Å². The van der Waals surface area contributed by atoms with Crippen LogP contribution in [0.4, 0.5) is 4.79 Å². The van der Waals surface area contributed by atoms with Crippen molar-refractivity contribution in [1.82, 2.24) is 9.88 Å². The third-order valence-corrected chi connectivity index (χ3v) is 3.38. The zero-order valence-electron chi connectivity index (χ0n) is 12.4. The SMILES string of the molecule is CN(Cc1csc(C(C)(C)O)n1)C(=O)OC(C)(C)C. The Morgan fingerprint density at radius 2 is 2.00 bits per heavy atom. The maximum atomic E-state index is 11.8. The van der Waals surface area contributed by atoms with E-state index in [9.17, 15) is 9.90 Å². The minimum atomic E-state index is -0.951. The minimum absolute atomic E-state index is 0.363. The van der Waals surface area contributed by atoms with Crippen LogP contribution in [-0.4, -0.2) is 33.7 Å².